The van der Waals surface area contributed by atoms with E-state index in [0.29, 0.717) is 13.0 Å². The lowest BCUT2D eigenvalue weighted by molar-refractivity contribution is -0.126. The molecule has 1 aliphatic rings. The van der Waals surface area contributed by atoms with E-state index in [9.17, 15) is 9.90 Å². The molecule has 17 heavy (non-hydrogen) atoms. The summed E-state index contributed by atoms with van der Waals surface area (Å²) in [5.41, 5.74) is 5.59. The Bertz CT molecular complexity index is 403. The first-order valence-corrected chi connectivity index (χ1v) is 5.87. The number of anilines is 1. The minimum Gasteiger partial charge on any atom is -0.391 e. The minimum absolute atomic E-state index is 0.214. The number of amides is 1. The minimum atomic E-state index is -1.20. The van der Waals surface area contributed by atoms with Gasteiger partial charge in [0, 0.05) is 12.2 Å². The monoisotopic (exact) mass is 234 g/mol. The number of carbonyl (C=O) groups excluding carboxylic acids is 1. The van der Waals surface area contributed by atoms with Crippen LogP contribution in [-0.2, 0) is 4.79 Å². The molecule has 0 radical (unpaired) electrons. The number of para-hydroxylation sites is 1. The molecule has 1 saturated heterocycles. The molecule has 1 heterocycles. The van der Waals surface area contributed by atoms with Crippen molar-refractivity contribution in [2.75, 3.05) is 11.4 Å². The number of aliphatic hydroxyl groups excluding tert-OH is 1. The molecule has 4 nitrogen and oxygen atoms in total. The molecule has 2 rings (SSSR count). The first kappa shape index (κ1) is 12.1. The number of hydrogen-bond donors (Lipinski definition) is 2. The van der Waals surface area contributed by atoms with Crippen LogP contribution in [-0.4, -0.2) is 29.2 Å². The van der Waals surface area contributed by atoms with E-state index in [1.807, 2.05) is 30.3 Å². The van der Waals surface area contributed by atoms with Crippen molar-refractivity contribution in [3.05, 3.63) is 30.3 Å². The molecule has 2 unspecified atom stereocenters. The highest BCUT2D eigenvalue weighted by molar-refractivity contribution is 6.00. The van der Waals surface area contributed by atoms with E-state index in [-0.39, 0.29) is 5.91 Å². The Balaban J connectivity index is 2.33. The summed E-state index contributed by atoms with van der Waals surface area (Å²) >= 11 is 0. The van der Waals surface area contributed by atoms with Crippen molar-refractivity contribution in [2.24, 2.45) is 5.73 Å². The van der Waals surface area contributed by atoms with E-state index in [1.54, 1.807) is 11.8 Å². The van der Waals surface area contributed by atoms with Gasteiger partial charge in [0.15, 0.2) is 0 Å². The van der Waals surface area contributed by atoms with E-state index in [2.05, 4.69) is 0 Å². The Kier molecular flexibility index (Phi) is 3.17. The Labute approximate surface area is 101 Å². The van der Waals surface area contributed by atoms with Gasteiger partial charge in [-0.15, -0.1) is 0 Å². The normalized spacial score (nSPS) is 30.2. The summed E-state index contributed by atoms with van der Waals surface area (Å²) in [6.07, 6.45) is 0.542. The van der Waals surface area contributed by atoms with Gasteiger partial charge in [-0.3, -0.25) is 4.79 Å². The van der Waals surface area contributed by atoms with Gasteiger partial charge in [0.25, 0.3) is 0 Å². The number of nitrogens with two attached hydrogens (primary N) is 1. The quantitative estimate of drug-likeness (QED) is 0.758. The third-order valence-corrected chi connectivity index (χ3v) is 3.33. The van der Waals surface area contributed by atoms with Gasteiger partial charge in [-0.2, -0.15) is 0 Å². The van der Waals surface area contributed by atoms with Gasteiger partial charge in [0.1, 0.15) is 5.54 Å². The zero-order valence-electron chi connectivity index (χ0n) is 9.97. The fourth-order valence-corrected chi connectivity index (χ4v) is 2.13. The lowest BCUT2D eigenvalue weighted by Crippen LogP contribution is -2.58. The van der Waals surface area contributed by atoms with E-state index < -0.39 is 11.6 Å². The van der Waals surface area contributed by atoms with Crippen molar-refractivity contribution in [3.63, 3.8) is 0 Å². The summed E-state index contributed by atoms with van der Waals surface area (Å²) < 4.78 is 0. The van der Waals surface area contributed by atoms with Crippen LogP contribution in [0.1, 0.15) is 19.8 Å². The van der Waals surface area contributed by atoms with Crippen molar-refractivity contribution in [1.82, 2.24) is 0 Å². The van der Waals surface area contributed by atoms with Crippen LogP contribution in [0.2, 0.25) is 0 Å². The Hall–Kier alpha value is -1.39. The third-order valence-electron chi connectivity index (χ3n) is 3.33. The van der Waals surface area contributed by atoms with Crippen LogP contribution in [0.5, 0.6) is 0 Å². The van der Waals surface area contributed by atoms with Crippen LogP contribution >= 0.6 is 0 Å². The van der Waals surface area contributed by atoms with Gasteiger partial charge in [-0.1, -0.05) is 18.2 Å². The van der Waals surface area contributed by atoms with Gasteiger partial charge >= 0.3 is 0 Å². The fourth-order valence-electron chi connectivity index (χ4n) is 2.13. The van der Waals surface area contributed by atoms with Crippen LogP contribution in [0.4, 0.5) is 5.69 Å². The fraction of sp³-hybridized carbons (Fsp3) is 0.462. The van der Waals surface area contributed by atoms with Gasteiger partial charge in [-0.25, -0.2) is 0 Å². The first-order valence-electron chi connectivity index (χ1n) is 5.87. The highest BCUT2D eigenvalue weighted by atomic mass is 16.3. The van der Waals surface area contributed by atoms with Gasteiger partial charge in [-0.05, 0) is 31.9 Å². The van der Waals surface area contributed by atoms with Crippen molar-refractivity contribution < 1.29 is 9.90 Å². The zero-order chi connectivity index (χ0) is 12.5. The maximum Gasteiger partial charge on any atom is 0.249 e. The summed E-state index contributed by atoms with van der Waals surface area (Å²) in [5, 5.41) is 9.88. The Morgan fingerprint density at radius 2 is 2.06 bits per heavy atom. The molecule has 0 bridgehead atoms. The van der Waals surface area contributed by atoms with E-state index in [4.69, 9.17) is 5.73 Å². The van der Waals surface area contributed by atoms with Crippen molar-refractivity contribution in [2.45, 2.75) is 31.4 Å². The summed E-state index contributed by atoms with van der Waals surface area (Å²) in [7, 11) is 0. The van der Waals surface area contributed by atoms with Crippen LogP contribution in [0, 0.1) is 0 Å². The summed E-state index contributed by atoms with van der Waals surface area (Å²) in [4.78, 5) is 14.0. The smallest absolute Gasteiger partial charge is 0.249 e. The number of benzene rings is 1. The topological polar surface area (TPSA) is 66.6 Å². The number of aliphatic hydroxyl groups is 1. The number of hydrogen-bond acceptors (Lipinski definition) is 3. The second-order valence-corrected chi connectivity index (χ2v) is 4.73. The molecule has 1 aliphatic heterocycles. The maximum atomic E-state index is 12.3. The van der Waals surface area contributed by atoms with Crippen LogP contribution in [0.15, 0.2) is 30.3 Å². The first-order chi connectivity index (χ1) is 8.03. The van der Waals surface area contributed by atoms with Crippen molar-refractivity contribution in [1.29, 1.82) is 0 Å². The molecule has 3 N–H and O–H groups in total. The van der Waals surface area contributed by atoms with Crippen LogP contribution in [0.25, 0.3) is 0 Å². The van der Waals surface area contributed by atoms with E-state index in [0.717, 1.165) is 12.1 Å². The maximum absolute atomic E-state index is 12.3. The lowest BCUT2D eigenvalue weighted by atomic mass is 9.93. The van der Waals surface area contributed by atoms with Crippen LogP contribution in [0.3, 0.4) is 0 Å². The predicted molar refractivity (Wildman–Crippen MR) is 66.6 cm³/mol. The van der Waals surface area contributed by atoms with Crippen molar-refractivity contribution in [3.8, 4) is 0 Å². The molecule has 1 fully saturated rings. The second kappa shape index (κ2) is 4.47. The highest BCUT2D eigenvalue weighted by Gasteiger charge is 2.41. The zero-order valence-corrected chi connectivity index (χ0v) is 9.97. The summed E-state index contributed by atoms with van der Waals surface area (Å²) in [5.74, 6) is -0.214. The molecule has 1 aromatic carbocycles. The molecule has 0 saturated carbocycles. The largest absolute Gasteiger partial charge is 0.391 e. The molecule has 1 amide bonds. The Morgan fingerprint density at radius 1 is 1.41 bits per heavy atom. The molecule has 2 atom stereocenters. The Morgan fingerprint density at radius 3 is 2.71 bits per heavy atom. The average molecular weight is 234 g/mol. The molecule has 92 valence electrons. The second-order valence-electron chi connectivity index (χ2n) is 4.73. The highest BCUT2D eigenvalue weighted by Crippen LogP contribution is 2.25. The molecule has 4 heteroatoms. The number of nitrogens with zero attached hydrogens (tertiary/aromatic N) is 1. The predicted octanol–water partition coefficient (Wildman–Crippen LogP) is 0.892. The molecule has 0 aliphatic carbocycles. The molecule has 0 spiro atoms. The SMILES string of the molecule is CC1(N)C(=O)N(c2ccccc2)CCCC1O. The lowest BCUT2D eigenvalue weighted by Gasteiger charge is -2.31. The average Bonchev–Trinajstić information content (AvgIpc) is 2.42. The number of rotatable bonds is 1. The molecular weight excluding hydrogens is 216 g/mol. The number of carbonyl (C=O) groups is 1. The molecular formula is C13H18N2O2. The van der Waals surface area contributed by atoms with Crippen LogP contribution < -0.4 is 10.6 Å². The summed E-state index contributed by atoms with van der Waals surface area (Å²) in [6, 6.07) is 9.44. The molecule has 0 aromatic heterocycles. The van der Waals surface area contributed by atoms with E-state index in [1.165, 1.54) is 0 Å². The van der Waals surface area contributed by atoms with Crippen molar-refractivity contribution >= 4 is 11.6 Å². The van der Waals surface area contributed by atoms with Gasteiger partial charge in [0.2, 0.25) is 5.91 Å². The standard InChI is InChI=1S/C13H18N2O2/c1-13(14)11(16)8-5-9-15(12(13)17)10-6-3-2-4-7-10/h2-4,6-7,11,16H,5,8-9,14H2,1H3. The van der Waals surface area contributed by atoms with Gasteiger partial charge in [0.05, 0.1) is 6.10 Å². The summed E-state index contributed by atoms with van der Waals surface area (Å²) in [6.45, 7) is 2.20. The molecule has 1 aromatic rings. The third kappa shape index (κ3) is 2.18. The van der Waals surface area contributed by atoms with E-state index >= 15 is 0 Å². The van der Waals surface area contributed by atoms with Gasteiger partial charge < -0.3 is 15.7 Å².